The van der Waals surface area contributed by atoms with E-state index in [4.69, 9.17) is 5.73 Å². The van der Waals surface area contributed by atoms with E-state index in [-0.39, 0.29) is 0 Å². The standard InChI is InChI=1S/C7H14N2S/c1-2-7(8)3-4-9-5-6-10/h2-4,9-10H,5-6,8H2,1H3/b4-3-,7-2+. The maximum absolute atomic E-state index is 5.47. The Hall–Kier alpha value is -0.570. The van der Waals surface area contributed by atoms with Gasteiger partial charge >= 0.3 is 0 Å². The van der Waals surface area contributed by atoms with Gasteiger partial charge in [-0.1, -0.05) is 6.08 Å². The molecule has 0 saturated carbocycles. The minimum Gasteiger partial charge on any atom is -0.399 e. The van der Waals surface area contributed by atoms with Gasteiger partial charge in [-0.25, -0.2) is 0 Å². The normalized spacial score (nSPS) is 12.4. The van der Waals surface area contributed by atoms with Gasteiger partial charge in [0.2, 0.25) is 0 Å². The Balaban J connectivity index is 3.37. The van der Waals surface area contributed by atoms with E-state index >= 15 is 0 Å². The summed E-state index contributed by atoms with van der Waals surface area (Å²) in [5.41, 5.74) is 6.24. The van der Waals surface area contributed by atoms with E-state index in [1.54, 1.807) is 0 Å². The molecule has 0 spiro atoms. The minimum absolute atomic E-state index is 0.770. The fraction of sp³-hybridized carbons (Fsp3) is 0.429. The fourth-order valence-corrected chi connectivity index (χ4v) is 0.528. The minimum atomic E-state index is 0.770. The Morgan fingerprint density at radius 3 is 2.90 bits per heavy atom. The van der Waals surface area contributed by atoms with Crippen molar-refractivity contribution in [2.75, 3.05) is 12.3 Å². The molecular formula is C7H14N2S. The summed E-state index contributed by atoms with van der Waals surface area (Å²) in [6, 6.07) is 0. The molecule has 0 bridgehead atoms. The Bertz CT molecular complexity index is 130. The van der Waals surface area contributed by atoms with Crippen molar-refractivity contribution in [2.45, 2.75) is 6.92 Å². The molecule has 0 aliphatic heterocycles. The molecule has 0 fully saturated rings. The van der Waals surface area contributed by atoms with Crippen molar-refractivity contribution in [3.63, 3.8) is 0 Å². The highest BCUT2D eigenvalue weighted by molar-refractivity contribution is 7.80. The van der Waals surface area contributed by atoms with Crippen molar-refractivity contribution in [2.24, 2.45) is 5.73 Å². The van der Waals surface area contributed by atoms with Crippen LogP contribution < -0.4 is 11.1 Å². The molecular weight excluding hydrogens is 144 g/mol. The predicted molar refractivity (Wildman–Crippen MR) is 48.9 cm³/mol. The van der Waals surface area contributed by atoms with Gasteiger partial charge in [0.15, 0.2) is 0 Å². The molecule has 0 aromatic heterocycles. The second-order valence-electron chi connectivity index (χ2n) is 1.80. The third kappa shape index (κ3) is 5.56. The van der Waals surface area contributed by atoms with E-state index < -0.39 is 0 Å². The number of hydrogen-bond donors (Lipinski definition) is 3. The molecule has 3 heteroatoms. The first-order valence-corrected chi connectivity index (χ1v) is 3.87. The predicted octanol–water partition coefficient (Wildman–Crippen LogP) is 0.882. The lowest BCUT2D eigenvalue weighted by molar-refractivity contribution is 0.929. The van der Waals surface area contributed by atoms with Gasteiger partial charge in [0, 0.05) is 18.0 Å². The summed E-state index contributed by atoms with van der Waals surface area (Å²) in [5.74, 6) is 0.833. The first-order chi connectivity index (χ1) is 4.81. The maximum Gasteiger partial charge on any atom is 0.0285 e. The van der Waals surface area contributed by atoms with Gasteiger partial charge in [-0.2, -0.15) is 12.6 Å². The first-order valence-electron chi connectivity index (χ1n) is 3.24. The van der Waals surface area contributed by atoms with Crippen molar-refractivity contribution in [1.29, 1.82) is 0 Å². The molecule has 0 heterocycles. The van der Waals surface area contributed by atoms with Gasteiger partial charge in [0.1, 0.15) is 0 Å². The summed E-state index contributed by atoms with van der Waals surface area (Å²) in [6.07, 6.45) is 5.49. The van der Waals surface area contributed by atoms with Crippen LogP contribution in [0.3, 0.4) is 0 Å². The van der Waals surface area contributed by atoms with E-state index in [0.29, 0.717) is 0 Å². The van der Waals surface area contributed by atoms with E-state index in [2.05, 4.69) is 17.9 Å². The molecule has 0 aromatic carbocycles. The van der Waals surface area contributed by atoms with Crippen molar-refractivity contribution in [3.8, 4) is 0 Å². The van der Waals surface area contributed by atoms with Crippen LogP contribution in [0.25, 0.3) is 0 Å². The smallest absolute Gasteiger partial charge is 0.0285 e. The summed E-state index contributed by atoms with van der Waals surface area (Å²) in [4.78, 5) is 0. The molecule has 0 saturated heterocycles. The third-order valence-electron chi connectivity index (χ3n) is 0.983. The zero-order valence-electron chi connectivity index (χ0n) is 6.17. The molecule has 0 rings (SSSR count). The van der Waals surface area contributed by atoms with Crippen LogP contribution in [0.5, 0.6) is 0 Å². The van der Waals surface area contributed by atoms with Crippen molar-refractivity contribution in [3.05, 3.63) is 24.0 Å². The van der Waals surface area contributed by atoms with E-state index in [1.807, 2.05) is 25.3 Å². The summed E-state index contributed by atoms with van der Waals surface area (Å²) in [7, 11) is 0. The molecule has 0 radical (unpaired) electrons. The zero-order valence-corrected chi connectivity index (χ0v) is 7.07. The number of rotatable bonds is 4. The fourth-order valence-electron chi connectivity index (χ4n) is 0.399. The lowest BCUT2D eigenvalue weighted by Crippen LogP contribution is -2.08. The van der Waals surface area contributed by atoms with Crippen LogP contribution in [0.1, 0.15) is 6.92 Å². The second-order valence-corrected chi connectivity index (χ2v) is 2.25. The zero-order chi connectivity index (χ0) is 7.82. The molecule has 10 heavy (non-hydrogen) atoms. The van der Waals surface area contributed by atoms with Crippen LogP contribution in [0.15, 0.2) is 24.0 Å². The molecule has 0 aliphatic rings. The van der Waals surface area contributed by atoms with Gasteiger partial charge in [-0.05, 0) is 19.2 Å². The largest absolute Gasteiger partial charge is 0.399 e. The van der Waals surface area contributed by atoms with Crippen molar-refractivity contribution < 1.29 is 0 Å². The monoisotopic (exact) mass is 158 g/mol. The molecule has 2 nitrogen and oxygen atoms in total. The number of nitrogens with one attached hydrogen (secondary N) is 1. The third-order valence-corrected chi connectivity index (χ3v) is 1.21. The summed E-state index contributed by atoms with van der Waals surface area (Å²) >= 11 is 4.03. The Morgan fingerprint density at radius 1 is 1.70 bits per heavy atom. The van der Waals surface area contributed by atoms with Gasteiger partial charge in [0.05, 0.1) is 0 Å². The number of allylic oxidation sites excluding steroid dienone is 2. The Kier molecular flexibility index (Phi) is 6.18. The summed E-state index contributed by atoms with van der Waals surface area (Å²) < 4.78 is 0. The molecule has 0 atom stereocenters. The van der Waals surface area contributed by atoms with Crippen LogP contribution >= 0.6 is 12.6 Å². The highest BCUT2D eigenvalue weighted by atomic mass is 32.1. The average Bonchev–Trinajstić information content (AvgIpc) is 1.98. The van der Waals surface area contributed by atoms with Crippen LogP contribution in [0.2, 0.25) is 0 Å². The number of thiol groups is 1. The lowest BCUT2D eigenvalue weighted by atomic mass is 10.4. The van der Waals surface area contributed by atoms with Gasteiger partial charge in [-0.15, -0.1) is 0 Å². The molecule has 0 amide bonds. The SMILES string of the molecule is C/C=C(N)\C=C/NCCS. The molecule has 0 aliphatic carbocycles. The maximum atomic E-state index is 5.47. The first kappa shape index (κ1) is 9.43. The van der Waals surface area contributed by atoms with Crippen LogP contribution in [0, 0.1) is 0 Å². The lowest BCUT2D eigenvalue weighted by Gasteiger charge is -1.94. The van der Waals surface area contributed by atoms with Crippen LogP contribution in [0.4, 0.5) is 0 Å². The molecule has 0 aromatic rings. The molecule has 3 N–H and O–H groups in total. The quantitative estimate of drug-likeness (QED) is 0.323. The number of hydrogen-bond acceptors (Lipinski definition) is 3. The van der Waals surface area contributed by atoms with Gasteiger partial charge in [-0.3, -0.25) is 0 Å². The second kappa shape index (κ2) is 6.55. The average molecular weight is 158 g/mol. The topological polar surface area (TPSA) is 38.0 Å². The highest BCUT2D eigenvalue weighted by Crippen LogP contribution is 1.82. The van der Waals surface area contributed by atoms with E-state index in [9.17, 15) is 0 Å². The van der Waals surface area contributed by atoms with E-state index in [0.717, 1.165) is 18.0 Å². The van der Waals surface area contributed by atoms with Crippen LogP contribution in [-0.2, 0) is 0 Å². The highest BCUT2D eigenvalue weighted by Gasteiger charge is 1.76. The molecule has 0 unspecified atom stereocenters. The number of nitrogens with two attached hydrogens (primary N) is 1. The Labute approximate surface area is 67.6 Å². The van der Waals surface area contributed by atoms with E-state index in [1.165, 1.54) is 0 Å². The summed E-state index contributed by atoms with van der Waals surface area (Å²) in [6.45, 7) is 2.77. The van der Waals surface area contributed by atoms with Gasteiger partial charge < -0.3 is 11.1 Å². The molecule has 58 valence electrons. The van der Waals surface area contributed by atoms with Crippen LogP contribution in [-0.4, -0.2) is 12.3 Å². The van der Waals surface area contributed by atoms with Crippen molar-refractivity contribution in [1.82, 2.24) is 5.32 Å². The summed E-state index contributed by atoms with van der Waals surface area (Å²) in [5, 5.41) is 3.02. The van der Waals surface area contributed by atoms with Crippen molar-refractivity contribution >= 4 is 12.6 Å². The van der Waals surface area contributed by atoms with Gasteiger partial charge in [0.25, 0.3) is 0 Å². The Morgan fingerprint density at radius 2 is 2.40 bits per heavy atom.